The predicted octanol–water partition coefficient (Wildman–Crippen LogP) is 4.35. The van der Waals surface area contributed by atoms with E-state index in [-0.39, 0.29) is 11.1 Å². The van der Waals surface area contributed by atoms with Gasteiger partial charge in [-0.2, -0.15) is 13.2 Å². The first-order chi connectivity index (χ1) is 8.52. The molecule has 0 N–H and O–H groups in total. The second kappa shape index (κ2) is 4.58. The summed E-state index contributed by atoms with van der Waals surface area (Å²) in [6, 6.07) is 12.4. The average Bonchev–Trinajstić information content (AvgIpc) is 2.38. The first kappa shape index (κ1) is 12.3. The summed E-state index contributed by atoms with van der Waals surface area (Å²) in [6.07, 6.45) is 0.715. The first-order valence-electron chi connectivity index (χ1n) is 5.25. The third-order valence-electron chi connectivity index (χ3n) is 2.58. The minimum Gasteiger partial charge on any atom is -0.166 e. The van der Waals surface area contributed by atoms with Crippen molar-refractivity contribution in [3.05, 3.63) is 59.7 Å². The van der Waals surface area contributed by atoms with E-state index in [0.717, 1.165) is 6.07 Å². The second-order valence-electron chi connectivity index (χ2n) is 3.77. The quantitative estimate of drug-likeness (QED) is 0.656. The highest BCUT2D eigenvalue weighted by atomic mass is 19.4. The molecule has 0 amide bonds. The van der Waals surface area contributed by atoms with Crippen LogP contribution in [0.3, 0.4) is 0 Å². The summed E-state index contributed by atoms with van der Waals surface area (Å²) in [7, 11) is 0. The fourth-order valence-corrected chi connectivity index (χ4v) is 1.74. The molecule has 0 radical (unpaired) electrons. The molecule has 0 nitrogen and oxygen atoms in total. The van der Waals surface area contributed by atoms with E-state index in [1.807, 2.05) is 0 Å². The number of rotatable bonds is 1. The molecule has 0 spiro atoms. The van der Waals surface area contributed by atoms with Crippen molar-refractivity contribution in [2.24, 2.45) is 0 Å². The molecular formula is C15H9F3. The molecule has 2 rings (SSSR count). The van der Waals surface area contributed by atoms with Gasteiger partial charge in [-0.1, -0.05) is 42.3 Å². The van der Waals surface area contributed by atoms with Gasteiger partial charge >= 0.3 is 6.18 Å². The van der Waals surface area contributed by atoms with E-state index in [1.54, 1.807) is 30.3 Å². The van der Waals surface area contributed by atoms with Gasteiger partial charge in [0.05, 0.1) is 5.56 Å². The Hall–Kier alpha value is -2.21. The number of hydrogen-bond donors (Lipinski definition) is 0. The third-order valence-corrected chi connectivity index (χ3v) is 2.58. The van der Waals surface area contributed by atoms with Gasteiger partial charge in [-0.3, -0.25) is 0 Å². The van der Waals surface area contributed by atoms with E-state index in [2.05, 4.69) is 5.92 Å². The van der Waals surface area contributed by atoms with Gasteiger partial charge < -0.3 is 0 Å². The van der Waals surface area contributed by atoms with Gasteiger partial charge in [0, 0.05) is 5.56 Å². The molecule has 0 aromatic heterocycles. The Bertz CT molecular complexity index is 589. The van der Waals surface area contributed by atoms with Gasteiger partial charge in [0.15, 0.2) is 0 Å². The summed E-state index contributed by atoms with van der Waals surface area (Å²) in [4.78, 5) is 0. The molecule has 90 valence electrons. The highest BCUT2D eigenvalue weighted by Gasteiger charge is 2.33. The lowest BCUT2D eigenvalue weighted by Gasteiger charge is -2.13. The second-order valence-corrected chi connectivity index (χ2v) is 3.77. The number of halogens is 3. The number of hydrogen-bond acceptors (Lipinski definition) is 0. The monoisotopic (exact) mass is 246 g/mol. The molecule has 0 aliphatic carbocycles. The first-order valence-corrected chi connectivity index (χ1v) is 5.25. The van der Waals surface area contributed by atoms with E-state index in [1.165, 1.54) is 12.1 Å². The van der Waals surface area contributed by atoms with Gasteiger partial charge in [-0.05, 0) is 23.3 Å². The standard InChI is InChI=1S/C15H9F3/c1-2-11-8-9-13(12-6-4-3-5-7-12)14(10-11)15(16,17)18/h1,3-10H. The van der Waals surface area contributed by atoms with Crippen molar-refractivity contribution in [3.63, 3.8) is 0 Å². The smallest absolute Gasteiger partial charge is 0.166 e. The summed E-state index contributed by atoms with van der Waals surface area (Å²) < 4.78 is 38.9. The number of benzene rings is 2. The molecule has 0 saturated carbocycles. The highest BCUT2D eigenvalue weighted by Crippen LogP contribution is 2.37. The van der Waals surface area contributed by atoms with E-state index >= 15 is 0 Å². The molecule has 0 unspecified atom stereocenters. The van der Waals surface area contributed by atoms with Crippen LogP contribution in [0.15, 0.2) is 48.5 Å². The molecule has 3 heteroatoms. The zero-order chi connectivity index (χ0) is 13.2. The predicted molar refractivity (Wildman–Crippen MR) is 64.8 cm³/mol. The van der Waals surface area contributed by atoms with Gasteiger partial charge in [-0.25, -0.2) is 0 Å². The van der Waals surface area contributed by atoms with Crippen molar-refractivity contribution >= 4 is 0 Å². The maximum absolute atomic E-state index is 13.0. The molecule has 0 aliphatic heterocycles. The number of alkyl halides is 3. The van der Waals surface area contributed by atoms with Crippen molar-refractivity contribution in [1.29, 1.82) is 0 Å². The fraction of sp³-hybridized carbons (Fsp3) is 0.0667. The van der Waals surface area contributed by atoms with Gasteiger partial charge in [-0.15, -0.1) is 6.42 Å². The van der Waals surface area contributed by atoms with Crippen LogP contribution in [0.5, 0.6) is 0 Å². The van der Waals surface area contributed by atoms with Crippen molar-refractivity contribution in [3.8, 4) is 23.5 Å². The summed E-state index contributed by atoms with van der Waals surface area (Å²) in [5, 5.41) is 0. The third kappa shape index (κ3) is 2.38. The summed E-state index contributed by atoms with van der Waals surface area (Å²) in [6.45, 7) is 0. The number of terminal acetylenes is 1. The van der Waals surface area contributed by atoms with Gasteiger partial charge in [0.2, 0.25) is 0 Å². The molecule has 18 heavy (non-hydrogen) atoms. The van der Waals surface area contributed by atoms with Crippen LogP contribution in [0.1, 0.15) is 11.1 Å². The van der Waals surface area contributed by atoms with Crippen LogP contribution in [0.2, 0.25) is 0 Å². The van der Waals surface area contributed by atoms with Crippen molar-refractivity contribution in [2.75, 3.05) is 0 Å². The summed E-state index contributed by atoms with van der Waals surface area (Å²) in [5.74, 6) is 2.22. The zero-order valence-electron chi connectivity index (χ0n) is 9.33. The highest BCUT2D eigenvalue weighted by molar-refractivity contribution is 5.69. The summed E-state index contributed by atoms with van der Waals surface area (Å²) >= 11 is 0. The van der Waals surface area contributed by atoms with Crippen LogP contribution >= 0.6 is 0 Å². The normalized spacial score (nSPS) is 11.0. The Morgan fingerprint density at radius 2 is 1.61 bits per heavy atom. The van der Waals surface area contributed by atoms with E-state index < -0.39 is 11.7 Å². The minimum absolute atomic E-state index is 0.141. The van der Waals surface area contributed by atoms with Gasteiger partial charge in [0.25, 0.3) is 0 Å². The molecule has 0 bridgehead atoms. The fourth-order valence-electron chi connectivity index (χ4n) is 1.74. The lowest BCUT2D eigenvalue weighted by atomic mass is 9.97. The van der Waals surface area contributed by atoms with Crippen LogP contribution in [0.25, 0.3) is 11.1 Å². The van der Waals surface area contributed by atoms with E-state index in [4.69, 9.17) is 6.42 Å². The Kier molecular flexibility index (Phi) is 3.12. The molecule has 0 fully saturated rings. The Morgan fingerprint density at radius 1 is 0.944 bits per heavy atom. The molecule has 0 heterocycles. The SMILES string of the molecule is C#Cc1ccc(-c2ccccc2)c(C(F)(F)F)c1. The summed E-state index contributed by atoms with van der Waals surface area (Å²) in [5.41, 5.74) is 0.182. The van der Waals surface area contributed by atoms with Crippen LogP contribution < -0.4 is 0 Å². The molecular weight excluding hydrogens is 237 g/mol. The topological polar surface area (TPSA) is 0 Å². The van der Waals surface area contributed by atoms with E-state index in [0.29, 0.717) is 5.56 Å². The molecule has 0 aliphatic rings. The van der Waals surface area contributed by atoms with Crippen molar-refractivity contribution < 1.29 is 13.2 Å². The minimum atomic E-state index is -4.42. The zero-order valence-corrected chi connectivity index (χ0v) is 9.33. The lowest BCUT2D eigenvalue weighted by Crippen LogP contribution is -2.07. The van der Waals surface area contributed by atoms with Crippen LogP contribution in [0, 0.1) is 12.3 Å². The maximum atomic E-state index is 13.0. The lowest BCUT2D eigenvalue weighted by molar-refractivity contribution is -0.137. The van der Waals surface area contributed by atoms with Gasteiger partial charge in [0.1, 0.15) is 0 Å². The Labute approximate surface area is 103 Å². The maximum Gasteiger partial charge on any atom is 0.417 e. The average molecular weight is 246 g/mol. The molecule has 2 aromatic carbocycles. The van der Waals surface area contributed by atoms with E-state index in [9.17, 15) is 13.2 Å². The van der Waals surface area contributed by atoms with Crippen LogP contribution in [-0.4, -0.2) is 0 Å². The van der Waals surface area contributed by atoms with Crippen LogP contribution in [-0.2, 0) is 6.18 Å². The Balaban J connectivity index is 2.65. The van der Waals surface area contributed by atoms with Crippen LogP contribution in [0.4, 0.5) is 13.2 Å². The van der Waals surface area contributed by atoms with Crippen molar-refractivity contribution in [1.82, 2.24) is 0 Å². The molecule has 0 atom stereocenters. The molecule has 2 aromatic rings. The molecule has 0 saturated heterocycles. The Morgan fingerprint density at radius 3 is 2.17 bits per heavy atom. The van der Waals surface area contributed by atoms with Crippen molar-refractivity contribution in [2.45, 2.75) is 6.18 Å². The largest absolute Gasteiger partial charge is 0.417 e.